The maximum atomic E-state index is 9.35. The Morgan fingerprint density at radius 1 is 1.57 bits per heavy atom. The summed E-state index contributed by atoms with van der Waals surface area (Å²) in [6.45, 7) is 0.0575. The summed E-state index contributed by atoms with van der Waals surface area (Å²) in [7, 11) is 1.77. The van der Waals surface area contributed by atoms with Gasteiger partial charge in [0.2, 0.25) is 0 Å². The van der Waals surface area contributed by atoms with Gasteiger partial charge in [-0.1, -0.05) is 5.11 Å². The van der Waals surface area contributed by atoms with Gasteiger partial charge in [0, 0.05) is 17.2 Å². The Kier molecular flexibility index (Phi) is 3.82. The Bertz CT molecular complexity index is 697. The minimum Gasteiger partial charge on any atom is -0.395 e. The van der Waals surface area contributed by atoms with Gasteiger partial charge in [-0.2, -0.15) is 0 Å². The van der Waals surface area contributed by atoms with Crippen LogP contribution in [0.25, 0.3) is 21.6 Å². The van der Waals surface area contributed by atoms with E-state index in [2.05, 4.69) is 30.3 Å². The quantitative estimate of drug-likeness (QED) is 0.501. The minimum atomic E-state index is -0.234. The minimum absolute atomic E-state index is 0.0496. The fourth-order valence-electron chi connectivity index (χ4n) is 2.49. The molecule has 0 spiro atoms. The maximum Gasteiger partial charge on any atom is 0.166 e. The molecule has 3 atom stereocenters. The molecule has 9 nitrogen and oxygen atoms in total. The van der Waals surface area contributed by atoms with Gasteiger partial charge in [0.15, 0.2) is 11.5 Å². The second kappa shape index (κ2) is 5.76. The lowest BCUT2D eigenvalue weighted by Gasteiger charge is -2.16. The highest BCUT2D eigenvalue weighted by molar-refractivity contribution is 8.00. The monoisotopic (exact) mass is 306 g/mol. The average molecular weight is 306 g/mol. The van der Waals surface area contributed by atoms with E-state index in [4.69, 9.17) is 5.53 Å². The molecule has 110 valence electrons. The van der Waals surface area contributed by atoms with Crippen molar-refractivity contribution >= 4 is 28.7 Å². The number of rotatable bonds is 4. The van der Waals surface area contributed by atoms with Crippen molar-refractivity contribution in [1.82, 2.24) is 19.5 Å². The van der Waals surface area contributed by atoms with Crippen molar-refractivity contribution in [1.29, 1.82) is 0 Å². The van der Waals surface area contributed by atoms with Gasteiger partial charge in [0.1, 0.15) is 11.8 Å². The van der Waals surface area contributed by atoms with Crippen LogP contribution in [0.4, 0.5) is 5.82 Å². The van der Waals surface area contributed by atoms with E-state index < -0.39 is 0 Å². The van der Waals surface area contributed by atoms with E-state index in [9.17, 15) is 5.11 Å². The zero-order chi connectivity index (χ0) is 14.8. The molecule has 1 saturated heterocycles. The number of aromatic nitrogens is 4. The van der Waals surface area contributed by atoms with Gasteiger partial charge >= 0.3 is 0 Å². The fourth-order valence-corrected chi connectivity index (χ4v) is 3.91. The van der Waals surface area contributed by atoms with Crippen molar-refractivity contribution in [3.05, 3.63) is 23.1 Å². The third kappa shape index (κ3) is 2.37. The summed E-state index contributed by atoms with van der Waals surface area (Å²) >= 11 is 1.57. The molecule has 0 aromatic carbocycles. The van der Waals surface area contributed by atoms with E-state index in [1.54, 1.807) is 25.1 Å². The van der Waals surface area contributed by atoms with Gasteiger partial charge in [0.25, 0.3) is 0 Å². The molecule has 3 rings (SSSR count). The van der Waals surface area contributed by atoms with E-state index in [1.807, 2.05) is 4.57 Å². The summed E-state index contributed by atoms with van der Waals surface area (Å²) in [6, 6.07) is -0.234. The summed E-state index contributed by atoms with van der Waals surface area (Å²) < 4.78 is 1.89. The van der Waals surface area contributed by atoms with Crippen LogP contribution in [-0.4, -0.2) is 49.6 Å². The highest BCUT2D eigenvalue weighted by Gasteiger charge is 2.36. The molecule has 2 aromatic heterocycles. The maximum absolute atomic E-state index is 9.35. The SMILES string of the molecule is CNc1ncnc2c1ncn2[C@@H]1S[C@@H](CO)CC1N=[N+]=[N-]. The van der Waals surface area contributed by atoms with Gasteiger partial charge in [-0.15, -0.1) is 11.8 Å². The average Bonchev–Trinajstić information content (AvgIpc) is 3.10. The summed E-state index contributed by atoms with van der Waals surface area (Å²) in [6.07, 6.45) is 3.79. The predicted octanol–water partition coefficient (Wildman–Crippen LogP) is 1.54. The van der Waals surface area contributed by atoms with E-state index >= 15 is 0 Å². The first-order valence-electron chi connectivity index (χ1n) is 6.44. The zero-order valence-electron chi connectivity index (χ0n) is 11.3. The molecule has 0 radical (unpaired) electrons. The highest BCUT2D eigenvalue weighted by atomic mass is 32.2. The molecule has 1 unspecified atom stereocenters. The number of anilines is 1. The number of aliphatic hydroxyl groups is 1. The Morgan fingerprint density at radius 2 is 2.43 bits per heavy atom. The Hall–Kier alpha value is -2.03. The second-order valence-electron chi connectivity index (χ2n) is 4.64. The molecule has 2 aromatic rings. The molecule has 0 aliphatic carbocycles. The third-order valence-corrected chi connectivity index (χ3v) is 4.99. The number of imidazole rings is 1. The van der Waals surface area contributed by atoms with Crippen molar-refractivity contribution in [2.75, 3.05) is 19.0 Å². The van der Waals surface area contributed by atoms with Crippen LogP contribution in [-0.2, 0) is 0 Å². The van der Waals surface area contributed by atoms with Crippen LogP contribution in [0.15, 0.2) is 17.8 Å². The number of hydrogen-bond donors (Lipinski definition) is 2. The van der Waals surface area contributed by atoms with Crippen LogP contribution in [0.1, 0.15) is 11.8 Å². The molecule has 0 amide bonds. The van der Waals surface area contributed by atoms with Crippen molar-refractivity contribution in [2.45, 2.75) is 23.1 Å². The third-order valence-electron chi connectivity index (χ3n) is 3.44. The van der Waals surface area contributed by atoms with E-state index in [1.165, 1.54) is 6.33 Å². The van der Waals surface area contributed by atoms with Crippen LogP contribution in [0.3, 0.4) is 0 Å². The van der Waals surface area contributed by atoms with E-state index in [0.29, 0.717) is 23.4 Å². The molecule has 0 saturated carbocycles. The van der Waals surface area contributed by atoms with Gasteiger partial charge in [-0.3, -0.25) is 0 Å². The normalized spacial score (nSPS) is 25.0. The molecular weight excluding hydrogens is 292 g/mol. The van der Waals surface area contributed by atoms with Crippen LogP contribution < -0.4 is 5.32 Å². The highest BCUT2D eigenvalue weighted by Crippen LogP contribution is 2.44. The fraction of sp³-hybridized carbons (Fsp3) is 0.545. The van der Waals surface area contributed by atoms with Gasteiger partial charge in [0.05, 0.1) is 24.3 Å². The van der Waals surface area contributed by atoms with Crippen LogP contribution in [0.5, 0.6) is 0 Å². The summed E-state index contributed by atoms with van der Waals surface area (Å²) in [5, 5.41) is 16.1. The number of hydrogen-bond acceptors (Lipinski definition) is 7. The van der Waals surface area contributed by atoms with Crippen molar-refractivity contribution in [3.63, 3.8) is 0 Å². The number of fused-ring (bicyclic) bond motifs is 1. The molecular formula is C11H14N8OS. The Morgan fingerprint density at radius 3 is 3.14 bits per heavy atom. The van der Waals surface area contributed by atoms with Crippen molar-refractivity contribution < 1.29 is 5.11 Å². The largest absolute Gasteiger partial charge is 0.395 e. The second-order valence-corrected chi connectivity index (χ2v) is 6.06. The first-order chi connectivity index (χ1) is 10.3. The van der Waals surface area contributed by atoms with E-state index in [-0.39, 0.29) is 23.3 Å². The zero-order valence-corrected chi connectivity index (χ0v) is 12.1. The smallest absolute Gasteiger partial charge is 0.166 e. The number of nitrogens with zero attached hydrogens (tertiary/aromatic N) is 7. The Labute approximate surface area is 124 Å². The lowest BCUT2D eigenvalue weighted by atomic mass is 10.2. The first kappa shape index (κ1) is 13.9. The predicted molar refractivity (Wildman–Crippen MR) is 79.9 cm³/mol. The van der Waals surface area contributed by atoms with Crippen molar-refractivity contribution in [3.8, 4) is 0 Å². The summed E-state index contributed by atoms with van der Waals surface area (Å²) in [5.41, 5.74) is 10.1. The standard InChI is InChI=1S/C11H14N8OS/c1-13-9-8-10(15-4-14-9)19(5-16-8)11-7(17-18-12)2-6(3-20)21-11/h4-7,11,20H,2-3H2,1H3,(H,13,14,15)/t6-,7?,11-/m1/s1. The summed E-state index contributed by atoms with van der Waals surface area (Å²) in [4.78, 5) is 15.7. The molecule has 1 aliphatic heterocycles. The summed E-state index contributed by atoms with van der Waals surface area (Å²) in [5.74, 6) is 0.654. The Balaban J connectivity index is 2.05. The molecule has 3 heterocycles. The van der Waals surface area contributed by atoms with Crippen LogP contribution >= 0.6 is 11.8 Å². The first-order valence-corrected chi connectivity index (χ1v) is 7.38. The van der Waals surface area contributed by atoms with Gasteiger partial charge in [-0.25, -0.2) is 15.0 Å². The molecule has 2 N–H and O–H groups in total. The molecule has 0 bridgehead atoms. The lowest BCUT2D eigenvalue weighted by molar-refractivity contribution is 0.289. The lowest BCUT2D eigenvalue weighted by Crippen LogP contribution is -2.14. The van der Waals surface area contributed by atoms with Crippen LogP contribution in [0.2, 0.25) is 0 Å². The molecule has 1 aliphatic rings. The van der Waals surface area contributed by atoms with E-state index in [0.717, 1.165) is 0 Å². The number of nitrogens with one attached hydrogen (secondary N) is 1. The molecule has 10 heteroatoms. The van der Waals surface area contributed by atoms with Gasteiger partial charge < -0.3 is 15.0 Å². The topological polar surface area (TPSA) is 125 Å². The number of azide groups is 1. The molecule has 1 fully saturated rings. The van der Waals surface area contributed by atoms with Crippen molar-refractivity contribution in [2.24, 2.45) is 5.11 Å². The number of aliphatic hydroxyl groups excluding tert-OH is 1. The van der Waals surface area contributed by atoms with Crippen LogP contribution in [0, 0.1) is 0 Å². The van der Waals surface area contributed by atoms with Gasteiger partial charge in [-0.05, 0) is 12.0 Å². The number of thioether (sulfide) groups is 1. The molecule has 21 heavy (non-hydrogen) atoms.